The van der Waals surface area contributed by atoms with Crippen LogP contribution < -0.4 is 5.73 Å². The van der Waals surface area contributed by atoms with Crippen LogP contribution in [0.2, 0.25) is 0 Å². The minimum absolute atomic E-state index is 0.277. The number of fused-ring (bicyclic) bond motifs is 2. The lowest BCUT2D eigenvalue weighted by Gasteiger charge is -2.31. The van der Waals surface area contributed by atoms with E-state index in [1.54, 1.807) is 28.6 Å². The van der Waals surface area contributed by atoms with Crippen molar-refractivity contribution in [3.8, 4) is 0 Å². The van der Waals surface area contributed by atoms with Gasteiger partial charge in [-0.3, -0.25) is 4.90 Å². The number of imidazole rings is 2. The number of hydrogen-bond acceptors (Lipinski definition) is 6. The number of rotatable bonds is 8. The van der Waals surface area contributed by atoms with Crippen LogP contribution in [0, 0.1) is 6.92 Å². The predicted molar refractivity (Wildman–Crippen MR) is 201 cm³/mol. The summed E-state index contributed by atoms with van der Waals surface area (Å²) in [6, 6.07) is 31.8. The van der Waals surface area contributed by atoms with Crippen molar-refractivity contribution in [1.82, 2.24) is 29.1 Å². The first-order valence-corrected chi connectivity index (χ1v) is 19.3. The van der Waals surface area contributed by atoms with Crippen LogP contribution in [0.15, 0.2) is 102 Å². The van der Waals surface area contributed by atoms with Gasteiger partial charge < -0.3 is 15.7 Å². The highest BCUT2D eigenvalue weighted by atomic mass is 32.2. The number of likely N-dealkylation sites (tertiary alicyclic amines) is 1. The summed E-state index contributed by atoms with van der Waals surface area (Å²) in [5, 5.41) is 0. The van der Waals surface area contributed by atoms with Gasteiger partial charge in [0.05, 0.1) is 27.0 Å². The molecule has 4 aromatic carbocycles. The molecule has 0 spiro atoms. The molecule has 2 aromatic heterocycles. The molecule has 2 fully saturated rings. The van der Waals surface area contributed by atoms with Gasteiger partial charge in [0.2, 0.25) is 10.0 Å². The van der Waals surface area contributed by atoms with Crippen LogP contribution in [0.25, 0.3) is 22.1 Å². The summed E-state index contributed by atoms with van der Waals surface area (Å²) >= 11 is 0. The minimum atomic E-state index is -3.39. The molecule has 0 radical (unpaired) electrons. The molecule has 6 aromatic rings. The molecule has 2 saturated heterocycles. The Morgan fingerprint density at radius 1 is 0.720 bits per heavy atom. The van der Waals surface area contributed by atoms with Crippen LogP contribution in [-0.2, 0) is 23.0 Å². The number of nitrogens with one attached hydrogen (secondary N) is 2. The van der Waals surface area contributed by atoms with Gasteiger partial charge in [0.15, 0.2) is 0 Å². The highest BCUT2D eigenvalue weighted by molar-refractivity contribution is 7.89. The van der Waals surface area contributed by atoms with Gasteiger partial charge in [-0.05, 0) is 106 Å². The molecular weight excluding hydrogens is 643 g/mol. The van der Waals surface area contributed by atoms with Crippen LogP contribution in [0.1, 0.15) is 65.9 Å². The molecule has 0 bridgehead atoms. The Kier molecular flexibility index (Phi) is 10.4. The molecule has 260 valence electrons. The smallest absolute Gasteiger partial charge is 0.243 e. The number of para-hydroxylation sites is 3. The first kappa shape index (κ1) is 34.1. The van der Waals surface area contributed by atoms with Crippen molar-refractivity contribution < 1.29 is 8.42 Å². The number of piperidine rings is 2. The molecule has 9 nitrogen and oxygen atoms in total. The summed E-state index contributed by atoms with van der Waals surface area (Å²) in [7, 11) is -3.39. The summed E-state index contributed by atoms with van der Waals surface area (Å²) in [6.07, 6.45) is 4.86. The maximum Gasteiger partial charge on any atom is 0.243 e. The highest BCUT2D eigenvalue weighted by Crippen LogP contribution is 2.31. The van der Waals surface area contributed by atoms with Crippen LogP contribution in [0.5, 0.6) is 0 Å². The average Bonchev–Trinajstić information content (AvgIpc) is 3.79. The number of aromatic nitrogens is 4. The van der Waals surface area contributed by atoms with Gasteiger partial charge in [0.25, 0.3) is 0 Å². The molecule has 4 heterocycles. The number of nitrogens with zero attached hydrogens (tertiary/aromatic N) is 4. The summed E-state index contributed by atoms with van der Waals surface area (Å²) in [4.78, 5) is 19.4. The number of sulfonamides is 1. The van der Waals surface area contributed by atoms with E-state index in [1.807, 2.05) is 30.3 Å². The fraction of sp³-hybridized carbons (Fsp3) is 0.350. The van der Waals surface area contributed by atoms with Gasteiger partial charge in [-0.15, -0.1) is 0 Å². The van der Waals surface area contributed by atoms with E-state index in [2.05, 4.69) is 69.2 Å². The van der Waals surface area contributed by atoms with Crippen molar-refractivity contribution in [3.05, 3.63) is 125 Å². The molecule has 2 aliphatic heterocycles. The van der Waals surface area contributed by atoms with Crippen molar-refractivity contribution in [2.24, 2.45) is 5.73 Å². The zero-order chi connectivity index (χ0) is 34.5. The van der Waals surface area contributed by atoms with E-state index in [4.69, 9.17) is 10.7 Å². The molecule has 4 N–H and O–H groups in total. The number of aromatic amines is 2. The number of hydrogen-bond donors (Lipinski definition) is 3. The van der Waals surface area contributed by atoms with Crippen LogP contribution in [0.3, 0.4) is 0 Å². The lowest BCUT2D eigenvalue weighted by atomic mass is 9.95. The van der Waals surface area contributed by atoms with Gasteiger partial charge in [-0.25, -0.2) is 18.4 Å². The zero-order valence-electron chi connectivity index (χ0n) is 28.8. The summed E-state index contributed by atoms with van der Waals surface area (Å²) in [6.45, 7) is 7.19. The Hall–Kier alpha value is -4.35. The van der Waals surface area contributed by atoms with E-state index in [-0.39, 0.29) is 5.92 Å². The van der Waals surface area contributed by atoms with Crippen LogP contribution >= 0.6 is 0 Å². The van der Waals surface area contributed by atoms with Crippen LogP contribution in [-0.4, -0.2) is 70.3 Å². The Balaban J connectivity index is 0.000000157. The van der Waals surface area contributed by atoms with E-state index in [1.165, 1.54) is 40.9 Å². The molecule has 0 amide bonds. The second-order valence-corrected chi connectivity index (χ2v) is 15.6. The molecular formula is C40H47N7O2S. The fourth-order valence-electron chi connectivity index (χ4n) is 7.34. The predicted octanol–water partition coefficient (Wildman–Crippen LogP) is 6.88. The largest absolute Gasteiger partial charge is 0.342 e. The third kappa shape index (κ3) is 7.68. The van der Waals surface area contributed by atoms with Crippen LogP contribution in [0.4, 0.5) is 0 Å². The van der Waals surface area contributed by atoms with Crippen molar-refractivity contribution in [3.63, 3.8) is 0 Å². The summed E-state index contributed by atoms with van der Waals surface area (Å²) < 4.78 is 26.9. The Labute approximate surface area is 295 Å². The zero-order valence-corrected chi connectivity index (χ0v) is 29.6. The van der Waals surface area contributed by atoms with E-state index in [9.17, 15) is 8.42 Å². The minimum Gasteiger partial charge on any atom is -0.342 e. The second-order valence-electron chi connectivity index (χ2n) is 13.6. The van der Waals surface area contributed by atoms with Crippen molar-refractivity contribution >= 4 is 32.1 Å². The average molecular weight is 690 g/mol. The monoisotopic (exact) mass is 689 g/mol. The standard InChI is InChI=1S/C22H28N4.C18H19N3O2S/c1-16-4-2-7-20-21(16)25-22(24-20)19-9-12-26(13-10-19)15-18-6-3-5-17(14-18)8-11-23;22-24(23,15-6-2-1-3-7-15)21-12-10-14(11-13-21)18-19-16-8-4-5-9-17(16)20-18/h2-7,14,19H,8-13,15,23H2,1H3,(H,24,25);1-9,14H,10-13H2,(H,19,20). The molecule has 8 rings (SSSR count). The first-order valence-electron chi connectivity index (χ1n) is 17.8. The maximum absolute atomic E-state index is 12.7. The number of aryl methyl sites for hydroxylation is 1. The second kappa shape index (κ2) is 15.3. The lowest BCUT2D eigenvalue weighted by Crippen LogP contribution is -2.38. The third-order valence-corrected chi connectivity index (χ3v) is 12.1. The lowest BCUT2D eigenvalue weighted by molar-refractivity contribution is 0.202. The van der Waals surface area contributed by atoms with Gasteiger partial charge in [0.1, 0.15) is 11.6 Å². The maximum atomic E-state index is 12.7. The van der Waals surface area contributed by atoms with Gasteiger partial charge in [0, 0.05) is 31.5 Å². The fourth-order valence-corrected chi connectivity index (χ4v) is 8.83. The van der Waals surface area contributed by atoms with E-state index in [0.29, 0.717) is 30.4 Å². The van der Waals surface area contributed by atoms with E-state index in [0.717, 1.165) is 61.3 Å². The Morgan fingerprint density at radius 2 is 1.34 bits per heavy atom. The van der Waals surface area contributed by atoms with E-state index < -0.39 is 10.0 Å². The van der Waals surface area contributed by atoms with E-state index >= 15 is 0 Å². The first-order chi connectivity index (χ1) is 24.4. The molecule has 0 atom stereocenters. The SMILES string of the molecule is Cc1cccc2[nH]c(C3CCN(Cc4cccc(CCN)c4)CC3)nc12.O=S(=O)(c1ccccc1)N1CCC(c2nc3ccccc3[nH]2)CC1. The summed E-state index contributed by atoms with van der Waals surface area (Å²) in [5.41, 5.74) is 14.0. The third-order valence-electron chi connectivity index (χ3n) is 10.2. The van der Waals surface area contributed by atoms with Gasteiger partial charge in [-0.2, -0.15) is 4.31 Å². The number of nitrogens with two attached hydrogens (primary N) is 1. The van der Waals surface area contributed by atoms with Gasteiger partial charge >= 0.3 is 0 Å². The normalized spacial score (nSPS) is 16.8. The topological polar surface area (TPSA) is 124 Å². The Bertz CT molecular complexity index is 2090. The van der Waals surface area contributed by atoms with Crippen molar-refractivity contribution in [2.75, 3.05) is 32.7 Å². The number of benzene rings is 4. The Morgan fingerprint density at radius 3 is 2.06 bits per heavy atom. The molecule has 2 aliphatic rings. The van der Waals surface area contributed by atoms with Crippen molar-refractivity contribution in [2.45, 2.75) is 62.3 Å². The molecule has 0 aliphatic carbocycles. The highest BCUT2D eigenvalue weighted by Gasteiger charge is 2.31. The number of H-pyrrole nitrogens is 2. The molecule has 50 heavy (non-hydrogen) atoms. The molecule has 0 saturated carbocycles. The molecule has 10 heteroatoms. The quantitative estimate of drug-likeness (QED) is 0.160. The van der Waals surface area contributed by atoms with Gasteiger partial charge in [-0.1, -0.05) is 66.7 Å². The van der Waals surface area contributed by atoms with Crippen molar-refractivity contribution in [1.29, 1.82) is 0 Å². The molecule has 0 unspecified atom stereocenters. The summed E-state index contributed by atoms with van der Waals surface area (Å²) in [5.74, 6) is 2.95.